The van der Waals surface area contributed by atoms with Gasteiger partial charge < -0.3 is 10.6 Å². The summed E-state index contributed by atoms with van der Waals surface area (Å²) in [5.41, 5.74) is 4.83. The van der Waals surface area contributed by atoms with Gasteiger partial charge >= 0.3 is 5.97 Å². The molecule has 0 radical (unpaired) electrons. The third kappa shape index (κ3) is 4.28. The first kappa shape index (κ1) is 7.43. The van der Waals surface area contributed by atoms with E-state index in [1.54, 1.807) is 0 Å². The molecule has 0 spiro atoms. The van der Waals surface area contributed by atoms with Crippen LogP contribution in [0.1, 0.15) is 6.92 Å². The number of hydrogen-bond donors (Lipinski definition) is 1. The summed E-state index contributed by atoms with van der Waals surface area (Å²) < 4.78 is 0. The average molecular weight is 127 g/mol. The van der Waals surface area contributed by atoms with E-state index in [4.69, 9.17) is 11.0 Å². The minimum atomic E-state index is -0.604. The molecule has 5 heteroatoms. The Balaban J connectivity index is 3.74. The SMILES string of the molecule is CC(=O)O/N=C(\N)C#N. The van der Waals surface area contributed by atoms with E-state index in [-0.39, 0.29) is 5.84 Å². The Morgan fingerprint density at radius 3 is 2.78 bits per heavy atom. The maximum absolute atomic E-state index is 9.97. The molecule has 0 aromatic rings. The molecule has 0 unspecified atom stereocenters. The number of amidine groups is 1. The summed E-state index contributed by atoms with van der Waals surface area (Å²) in [5, 5.41) is 10.9. The van der Waals surface area contributed by atoms with Crippen molar-refractivity contribution in [1.82, 2.24) is 0 Å². The van der Waals surface area contributed by atoms with E-state index in [9.17, 15) is 4.79 Å². The van der Waals surface area contributed by atoms with Gasteiger partial charge in [-0.25, -0.2) is 4.79 Å². The van der Waals surface area contributed by atoms with E-state index in [2.05, 4.69) is 9.99 Å². The van der Waals surface area contributed by atoms with Gasteiger partial charge in [0.25, 0.3) is 0 Å². The molecule has 2 N–H and O–H groups in total. The van der Waals surface area contributed by atoms with Crippen LogP contribution in [0, 0.1) is 11.3 Å². The van der Waals surface area contributed by atoms with Gasteiger partial charge in [-0.3, -0.25) is 0 Å². The fourth-order valence-corrected chi connectivity index (χ4v) is 0.134. The number of nitriles is 1. The second kappa shape index (κ2) is 3.43. The normalized spacial score (nSPS) is 10.0. The standard InChI is InChI=1S/C4H5N3O2/c1-3(8)9-7-4(6)2-5/h1H3,(H2,6,7). The molecule has 0 bridgehead atoms. The van der Waals surface area contributed by atoms with Crippen molar-refractivity contribution >= 4 is 11.8 Å². The third-order valence-corrected chi connectivity index (χ3v) is 0.387. The van der Waals surface area contributed by atoms with Crippen molar-refractivity contribution in [3.63, 3.8) is 0 Å². The second-order valence-corrected chi connectivity index (χ2v) is 1.17. The molecule has 48 valence electrons. The van der Waals surface area contributed by atoms with Crippen LogP contribution >= 0.6 is 0 Å². The Morgan fingerprint density at radius 1 is 1.89 bits per heavy atom. The lowest BCUT2D eigenvalue weighted by molar-refractivity contribution is -0.140. The van der Waals surface area contributed by atoms with Crippen molar-refractivity contribution in [3.05, 3.63) is 0 Å². The van der Waals surface area contributed by atoms with Gasteiger partial charge in [0.1, 0.15) is 6.07 Å². The number of nitrogens with zero attached hydrogens (tertiary/aromatic N) is 2. The molecule has 0 aliphatic heterocycles. The van der Waals surface area contributed by atoms with Crippen molar-refractivity contribution in [2.75, 3.05) is 0 Å². The smallest absolute Gasteiger partial charge is 0.332 e. The van der Waals surface area contributed by atoms with Crippen LogP contribution in [0.15, 0.2) is 5.16 Å². The molecule has 0 atom stereocenters. The van der Waals surface area contributed by atoms with E-state index in [0.717, 1.165) is 6.92 Å². The fraction of sp³-hybridized carbons (Fsp3) is 0.250. The fourth-order valence-electron chi connectivity index (χ4n) is 0.134. The van der Waals surface area contributed by atoms with E-state index in [1.807, 2.05) is 0 Å². The van der Waals surface area contributed by atoms with Gasteiger partial charge in [0, 0.05) is 6.92 Å². The number of carbonyl (C=O) groups is 1. The summed E-state index contributed by atoms with van der Waals surface area (Å²) in [6.07, 6.45) is 0. The molecule has 0 aromatic carbocycles. The molecule has 0 aliphatic rings. The Labute approximate surface area is 51.7 Å². The molecule has 0 fully saturated rings. The number of rotatable bonds is 1. The number of carbonyl (C=O) groups excluding carboxylic acids is 1. The van der Waals surface area contributed by atoms with Gasteiger partial charge in [-0.2, -0.15) is 5.26 Å². The average Bonchev–Trinajstić information content (AvgIpc) is 1.83. The Hall–Kier alpha value is -1.57. The van der Waals surface area contributed by atoms with E-state index in [1.165, 1.54) is 6.07 Å². The van der Waals surface area contributed by atoms with Gasteiger partial charge in [-0.15, -0.1) is 0 Å². The second-order valence-electron chi connectivity index (χ2n) is 1.17. The maximum atomic E-state index is 9.97. The first-order chi connectivity index (χ1) is 4.16. The van der Waals surface area contributed by atoms with Crippen molar-refractivity contribution in [3.8, 4) is 6.07 Å². The van der Waals surface area contributed by atoms with Crippen molar-refractivity contribution in [2.45, 2.75) is 6.92 Å². The van der Waals surface area contributed by atoms with Gasteiger partial charge in [0.15, 0.2) is 0 Å². The minimum Gasteiger partial charge on any atom is -0.372 e. The molecule has 0 aromatic heterocycles. The van der Waals surface area contributed by atoms with Crippen molar-refractivity contribution < 1.29 is 9.63 Å². The third-order valence-electron chi connectivity index (χ3n) is 0.387. The highest BCUT2D eigenvalue weighted by Crippen LogP contribution is 1.75. The molecule has 0 heterocycles. The highest BCUT2D eigenvalue weighted by atomic mass is 16.7. The van der Waals surface area contributed by atoms with Gasteiger partial charge in [-0.1, -0.05) is 0 Å². The van der Waals surface area contributed by atoms with Crippen LogP contribution in [0.3, 0.4) is 0 Å². The molecular formula is C4H5N3O2. The van der Waals surface area contributed by atoms with Crippen LogP contribution in [-0.4, -0.2) is 11.8 Å². The monoisotopic (exact) mass is 127 g/mol. The highest BCUT2D eigenvalue weighted by Gasteiger charge is 1.90. The molecule has 5 nitrogen and oxygen atoms in total. The Morgan fingerprint density at radius 2 is 2.44 bits per heavy atom. The first-order valence-electron chi connectivity index (χ1n) is 2.08. The van der Waals surface area contributed by atoms with Gasteiger partial charge in [0.05, 0.1) is 0 Å². The van der Waals surface area contributed by atoms with Crippen LogP contribution in [0.2, 0.25) is 0 Å². The van der Waals surface area contributed by atoms with Gasteiger partial charge in [0.2, 0.25) is 5.84 Å². The Kier molecular flexibility index (Phi) is 2.84. The molecule has 0 rings (SSSR count). The summed E-state index contributed by atoms with van der Waals surface area (Å²) >= 11 is 0. The zero-order valence-corrected chi connectivity index (χ0v) is 4.79. The zero-order valence-electron chi connectivity index (χ0n) is 4.79. The predicted octanol–water partition coefficient (Wildman–Crippen LogP) is -0.655. The highest BCUT2D eigenvalue weighted by molar-refractivity contribution is 5.94. The largest absolute Gasteiger partial charge is 0.372 e. The molecule has 0 amide bonds. The number of hydrogen-bond acceptors (Lipinski definition) is 4. The summed E-state index contributed by atoms with van der Waals surface area (Å²) in [4.78, 5) is 14.0. The van der Waals surface area contributed by atoms with E-state index in [0.29, 0.717) is 0 Å². The summed E-state index contributed by atoms with van der Waals surface area (Å²) in [6.45, 7) is 1.16. The van der Waals surface area contributed by atoms with Crippen LogP contribution in [0.4, 0.5) is 0 Å². The lowest BCUT2D eigenvalue weighted by Crippen LogP contribution is -2.09. The summed E-state index contributed by atoms with van der Waals surface area (Å²) in [6, 6.07) is 1.47. The molecule has 9 heavy (non-hydrogen) atoms. The van der Waals surface area contributed by atoms with E-state index < -0.39 is 5.97 Å². The lowest BCUT2D eigenvalue weighted by Gasteiger charge is -1.86. The first-order valence-corrected chi connectivity index (χ1v) is 2.08. The van der Waals surface area contributed by atoms with Crippen LogP contribution in [0.25, 0.3) is 0 Å². The van der Waals surface area contributed by atoms with Crippen LogP contribution < -0.4 is 5.73 Å². The Bertz CT molecular complexity index is 179. The zero-order chi connectivity index (χ0) is 7.28. The van der Waals surface area contributed by atoms with Crippen molar-refractivity contribution in [2.24, 2.45) is 10.9 Å². The molecule has 0 saturated carbocycles. The minimum absolute atomic E-state index is 0.370. The topological polar surface area (TPSA) is 88.5 Å². The van der Waals surface area contributed by atoms with Crippen LogP contribution in [0.5, 0.6) is 0 Å². The lowest BCUT2D eigenvalue weighted by atomic mass is 10.7. The number of oxime groups is 1. The molecule has 0 aliphatic carbocycles. The predicted molar refractivity (Wildman–Crippen MR) is 29.0 cm³/mol. The maximum Gasteiger partial charge on any atom is 0.332 e. The molecule has 0 saturated heterocycles. The van der Waals surface area contributed by atoms with Crippen molar-refractivity contribution in [1.29, 1.82) is 5.26 Å². The molecular weight excluding hydrogens is 122 g/mol. The number of nitrogens with two attached hydrogens (primary N) is 1. The van der Waals surface area contributed by atoms with Crippen LogP contribution in [-0.2, 0) is 9.63 Å². The van der Waals surface area contributed by atoms with E-state index >= 15 is 0 Å². The summed E-state index contributed by atoms with van der Waals surface area (Å²) in [7, 11) is 0. The quantitative estimate of drug-likeness (QED) is 0.219. The summed E-state index contributed by atoms with van der Waals surface area (Å²) in [5.74, 6) is -0.974. The van der Waals surface area contributed by atoms with Gasteiger partial charge in [-0.05, 0) is 5.16 Å².